The van der Waals surface area contributed by atoms with Crippen LogP contribution in [0.4, 0.5) is 5.69 Å². The van der Waals surface area contributed by atoms with Crippen LogP contribution in [0.5, 0.6) is 0 Å². The zero-order chi connectivity index (χ0) is 12.1. The molecule has 0 spiro atoms. The van der Waals surface area contributed by atoms with Crippen LogP contribution in [0.2, 0.25) is 0 Å². The second-order valence-corrected chi connectivity index (χ2v) is 2.82. The third kappa shape index (κ3) is 2.59. The number of nitrogens with zero attached hydrogens (tertiary/aromatic N) is 2. The summed E-state index contributed by atoms with van der Waals surface area (Å²) >= 11 is 0. The molecule has 7 heteroatoms. The summed E-state index contributed by atoms with van der Waals surface area (Å²) < 4.78 is 4.20. The molecule has 0 atom stereocenters. The maximum atomic E-state index is 11.2. The highest BCUT2D eigenvalue weighted by Crippen LogP contribution is 2.15. The molecule has 0 saturated carbocycles. The van der Waals surface area contributed by atoms with E-state index in [2.05, 4.69) is 9.72 Å². The quantitative estimate of drug-likeness (QED) is 0.315. The summed E-state index contributed by atoms with van der Waals surface area (Å²) in [7, 11) is 1.06. The van der Waals surface area contributed by atoms with Gasteiger partial charge in [-0.1, -0.05) is 0 Å². The number of nitro groups is 1. The van der Waals surface area contributed by atoms with E-state index in [0.717, 1.165) is 7.11 Å². The molecular formula is C9H8N2O5. The molecule has 0 unspecified atom stereocenters. The van der Waals surface area contributed by atoms with E-state index >= 15 is 0 Å². The molecule has 0 bridgehead atoms. The lowest BCUT2D eigenvalue weighted by Crippen LogP contribution is -2.19. The molecule has 0 amide bonds. The first-order valence-electron chi connectivity index (χ1n) is 4.25. The van der Waals surface area contributed by atoms with Crippen LogP contribution in [-0.4, -0.2) is 28.8 Å². The Morgan fingerprint density at radius 1 is 1.56 bits per heavy atom. The van der Waals surface area contributed by atoms with Crippen molar-refractivity contribution < 1.29 is 19.2 Å². The van der Waals surface area contributed by atoms with Gasteiger partial charge in [0.1, 0.15) is 5.69 Å². The van der Waals surface area contributed by atoms with Gasteiger partial charge in [0, 0.05) is 12.3 Å². The lowest BCUT2D eigenvalue weighted by Gasteiger charge is -1.99. The Morgan fingerprint density at radius 3 is 2.81 bits per heavy atom. The molecule has 1 heterocycles. The summed E-state index contributed by atoms with van der Waals surface area (Å²) in [5.74, 6) is -1.91. The van der Waals surface area contributed by atoms with E-state index in [1.54, 1.807) is 0 Å². The van der Waals surface area contributed by atoms with Gasteiger partial charge in [-0.3, -0.25) is 19.9 Å². The molecule has 0 aliphatic carbocycles. The first kappa shape index (κ1) is 11.8. The van der Waals surface area contributed by atoms with Gasteiger partial charge in [0.15, 0.2) is 0 Å². The fraction of sp³-hybridized carbons (Fsp3) is 0.222. The maximum absolute atomic E-state index is 11.2. The largest absolute Gasteiger partial charge is 0.463 e. The average molecular weight is 224 g/mol. The van der Waals surface area contributed by atoms with Gasteiger partial charge in [-0.15, -0.1) is 0 Å². The fourth-order valence-electron chi connectivity index (χ4n) is 1.07. The van der Waals surface area contributed by atoms with Crippen molar-refractivity contribution in [2.75, 3.05) is 7.11 Å². The lowest BCUT2D eigenvalue weighted by molar-refractivity contribution is -0.385. The van der Waals surface area contributed by atoms with Crippen LogP contribution >= 0.6 is 0 Å². The Morgan fingerprint density at radius 2 is 2.25 bits per heavy atom. The van der Waals surface area contributed by atoms with E-state index in [1.165, 1.54) is 18.3 Å². The van der Waals surface area contributed by atoms with Crippen LogP contribution < -0.4 is 0 Å². The summed E-state index contributed by atoms with van der Waals surface area (Å²) in [5.41, 5.74) is -0.345. The molecule has 0 saturated heterocycles. The predicted molar refractivity (Wildman–Crippen MR) is 51.6 cm³/mol. The molecule has 0 aliphatic rings. The molecule has 0 aromatic carbocycles. The monoisotopic (exact) mass is 224 g/mol. The van der Waals surface area contributed by atoms with Crippen molar-refractivity contribution in [3.05, 3.63) is 34.1 Å². The molecule has 1 aromatic rings. The SMILES string of the molecule is COC(=O)C(=O)Cc1ncccc1[N+](=O)[O-]. The van der Waals surface area contributed by atoms with Crippen molar-refractivity contribution in [2.45, 2.75) is 6.42 Å². The number of hydrogen-bond acceptors (Lipinski definition) is 6. The minimum absolute atomic E-state index is 0.0529. The zero-order valence-corrected chi connectivity index (χ0v) is 8.37. The third-order valence-electron chi connectivity index (χ3n) is 1.80. The van der Waals surface area contributed by atoms with Gasteiger partial charge in [-0.05, 0) is 6.07 Å². The maximum Gasteiger partial charge on any atom is 0.374 e. The van der Waals surface area contributed by atoms with Crippen molar-refractivity contribution in [1.82, 2.24) is 4.98 Å². The number of aromatic nitrogens is 1. The van der Waals surface area contributed by atoms with Crippen molar-refractivity contribution in [3.63, 3.8) is 0 Å². The van der Waals surface area contributed by atoms with Crippen LogP contribution in [0.15, 0.2) is 18.3 Å². The van der Waals surface area contributed by atoms with Crippen LogP contribution in [-0.2, 0) is 20.7 Å². The second-order valence-electron chi connectivity index (χ2n) is 2.82. The molecule has 16 heavy (non-hydrogen) atoms. The Hall–Kier alpha value is -2.31. The van der Waals surface area contributed by atoms with Gasteiger partial charge in [0.05, 0.1) is 18.5 Å². The number of esters is 1. The molecule has 1 rings (SSSR count). The summed E-state index contributed by atoms with van der Waals surface area (Å²) in [6.45, 7) is 0. The molecule has 7 nitrogen and oxygen atoms in total. The Kier molecular flexibility index (Phi) is 3.65. The summed E-state index contributed by atoms with van der Waals surface area (Å²) in [6, 6.07) is 2.59. The summed E-state index contributed by atoms with van der Waals surface area (Å²) in [6.07, 6.45) is 0.872. The number of pyridine rings is 1. The Balaban J connectivity index is 2.93. The van der Waals surface area contributed by atoms with E-state index in [9.17, 15) is 19.7 Å². The first-order chi connectivity index (χ1) is 7.56. The predicted octanol–water partition coefficient (Wildman–Crippen LogP) is 0.274. The average Bonchev–Trinajstić information content (AvgIpc) is 2.28. The number of ether oxygens (including phenoxy) is 1. The number of Topliss-reactive ketones (excluding diaryl/α,β-unsaturated/α-hetero) is 1. The van der Waals surface area contributed by atoms with Crippen molar-refractivity contribution in [1.29, 1.82) is 0 Å². The highest BCUT2D eigenvalue weighted by molar-refractivity contribution is 6.34. The van der Waals surface area contributed by atoms with Gasteiger partial charge >= 0.3 is 5.97 Å². The van der Waals surface area contributed by atoms with Crippen molar-refractivity contribution >= 4 is 17.4 Å². The van der Waals surface area contributed by atoms with Crippen LogP contribution in [0, 0.1) is 10.1 Å². The topological polar surface area (TPSA) is 99.4 Å². The normalized spacial score (nSPS) is 9.56. The van der Waals surface area contributed by atoms with Gasteiger partial charge < -0.3 is 4.74 Å². The van der Waals surface area contributed by atoms with Gasteiger partial charge in [0.2, 0.25) is 5.78 Å². The van der Waals surface area contributed by atoms with Crippen LogP contribution in [0.1, 0.15) is 5.69 Å². The van der Waals surface area contributed by atoms with Crippen molar-refractivity contribution in [2.24, 2.45) is 0 Å². The minimum atomic E-state index is -1.04. The Labute approximate surface area is 90.2 Å². The molecule has 0 radical (unpaired) electrons. The van der Waals surface area contributed by atoms with Gasteiger partial charge in [-0.2, -0.15) is 0 Å². The molecule has 0 fully saturated rings. The van der Waals surface area contributed by atoms with E-state index in [4.69, 9.17) is 0 Å². The number of ketones is 1. The van der Waals surface area contributed by atoms with Gasteiger partial charge in [-0.25, -0.2) is 4.79 Å². The third-order valence-corrected chi connectivity index (χ3v) is 1.80. The molecule has 84 valence electrons. The van der Waals surface area contributed by atoms with E-state index in [-0.39, 0.29) is 11.4 Å². The minimum Gasteiger partial charge on any atom is -0.463 e. The standard InChI is InChI=1S/C9H8N2O5/c1-16-9(13)8(12)5-6-7(11(14)15)3-2-4-10-6/h2-4H,5H2,1H3. The lowest BCUT2D eigenvalue weighted by atomic mass is 10.2. The number of hydrogen-bond donors (Lipinski definition) is 0. The Bertz CT molecular complexity index is 443. The van der Waals surface area contributed by atoms with E-state index in [1.807, 2.05) is 0 Å². The van der Waals surface area contributed by atoms with Crippen LogP contribution in [0.3, 0.4) is 0 Å². The van der Waals surface area contributed by atoms with E-state index < -0.39 is 23.1 Å². The number of rotatable bonds is 4. The fourth-order valence-corrected chi connectivity index (χ4v) is 1.07. The summed E-state index contributed by atoms with van der Waals surface area (Å²) in [4.78, 5) is 35.6. The molecule has 0 aliphatic heterocycles. The number of carbonyl (C=O) groups excluding carboxylic acids is 2. The van der Waals surface area contributed by atoms with Crippen molar-refractivity contribution in [3.8, 4) is 0 Å². The highest BCUT2D eigenvalue weighted by Gasteiger charge is 2.21. The molecule has 0 N–H and O–H groups in total. The molecule has 1 aromatic heterocycles. The highest BCUT2D eigenvalue weighted by atomic mass is 16.6. The second kappa shape index (κ2) is 4.96. The zero-order valence-electron chi connectivity index (χ0n) is 8.37. The smallest absolute Gasteiger partial charge is 0.374 e. The molecular weight excluding hydrogens is 216 g/mol. The number of carbonyl (C=O) groups is 2. The van der Waals surface area contributed by atoms with Gasteiger partial charge in [0.25, 0.3) is 5.69 Å². The number of methoxy groups -OCH3 is 1. The van der Waals surface area contributed by atoms with Crippen LogP contribution in [0.25, 0.3) is 0 Å². The first-order valence-corrected chi connectivity index (χ1v) is 4.25. The summed E-state index contributed by atoms with van der Waals surface area (Å²) in [5, 5.41) is 10.6. The van der Waals surface area contributed by atoms with E-state index in [0.29, 0.717) is 0 Å².